The number of rotatable bonds is 3. The third kappa shape index (κ3) is 2.52. The van der Waals surface area contributed by atoms with Crippen molar-refractivity contribution < 1.29 is 4.79 Å². The molecule has 3 nitrogen and oxygen atoms in total. The zero-order valence-corrected chi connectivity index (χ0v) is 11.4. The lowest BCUT2D eigenvalue weighted by Crippen LogP contribution is -2.29. The van der Waals surface area contributed by atoms with Crippen LogP contribution in [0.4, 0.5) is 5.69 Å². The third-order valence-corrected chi connectivity index (χ3v) is 4.74. The smallest absolute Gasteiger partial charge is 0.224 e. The normalized spacial score (nSPS) is 21.0. The summed E-state index contributed by atoms with van der Waals surface area (Å²) in [7, 11) is 0. The summed E-state index contributed by atoms with van der Waals surface area (Å²) in [5.41, 5.74) is 9.99. The molecule has 0 aromatic heterocycles. The minimum absolute atomic E-state index is 0.134. The molecule has 3 N–H and O–H groups in total. The molecule has 3 rings (SSSR count). The Morgan fingerprint density at radius 3 is 2.74 bits per heavy atom. The Morgan fingerprint density at radius 2 is 2.00 bits per heavy atom. The second-order valence-corrected chi connectivity index (χ2v) is 6.13. The Kier molecular flexibility index (Phi) is 3.31. The van der Waals surface area contributed by atoms with Crippen LogP contribution in [0.1, 0.15) is 43.2 Å². The van der Waals surface area contributed by atoms with Gasteiger partial charge in [-0.2, -0.15) is 0 Å². The highest BCUT2D eigenvalue weighted by molar-refractivity contribution is 5.93. The standard InChI is InChI=1S/C16H22N2O/c17-11-16(7-1-2-8-16)10-12-3-5-14-13(9-12)4-6-15(19)18-14/h3,5,9H,1-2,4,6-8,10-11,17H2,(H,18,19). The summed E-state index contributed by atoms with van der Waals surface area (Å²) < 4.78 is 0. The van der Waals surface area contributed by atoms with E-state index in [4.69, 9.17) is 5.73 Å². The first kappa shape index (κ1) is 12.7. The first-order chi connectivity index (χ1) is 9.21. The summed E-state index contributed by atoms with van der Waals surface area (Å²) in [6.07, 6.45) is 7.72. The van der Waals surface area contributed by atoms with E-state index in [0.717, 1.165) is 25.1 Å². The number of nitrogens with one attached hydrogen (secondary N) is 1. The molecule has 102 valence electrons. The first-order valence-corrected chi connectivity index (χ1v) is 7.33. The van der Waals surface area contributed by atoms with E-state index in [-0.39, 0.29) is 5.91 Å². The van der Waals surface area contributed by atoms with Gasteiger partial charge in [0.15, 0.2) is 0 Å². The van der Waals surface area contributed by atoms with Gasteiger partial charge in [0, 0.05) is 12.1 Å². The van der Waals surface area contributed by atoms with Crippen molar-refractivity contribution in [1.29, 1.82) is 0 Å². The Bertz CT molecular complexity index is 490. The minimum Gasteiger partial charge on any atom is -0.330 e. The Hall–Kier alpha value is -1.35. The molecular weight excluding hydrogens is 236 g/mol. The number of carbonyl (C=O) groups is 1. The van der Waals surface area contributed by atoms with E-state index in [1.807, 2.05) is 0 Å². The predicted octanol–water partition coefficient (Wildman–Crippen LogP) is 2.63. The maximum Gasteiger partial charge on any atom is 0.224 e. The van der Waals surface area contributed by atoms with Crippen LogP contribution in [0, 0.1) is 5.41 Å². The maximum absolute atomic E-state index is 11.4. The van der Waals surface area contributed by atoms with Gasteiger partial charge < -0.3 is 11.1 Å². The molecule has 0 unspecified atom stereocenters. The van der Waals surface area contributed by atoms with Gasteiger partial charge in [0.2, 0.25) is 5.91 Å². The number of aryl methyl sites for hydroxylation is 1. The summed E-state index contributed by atoms with van der Waals surface area (Å²) >= 11 is 0. The fourth-order valence-electron chi connectivity index (χ4n) is 3.56. The second-order valence-electron chi connectivity index (χ2n) is 6.13. The van der Waals surface area contributed by atoms with Crippen molar-refractivity contribution in [2.24, 2.45) is 11.1 Å². The fraction of sp³-hybridized carbons (Fsp3) is 0.562. The molecule has 0 saturated heterocycles. The lowest BCUT2D eigenvalue weighted by molar-refractivity contribution is -0.116. The van der Waals surface area contributed by atoms with Gasteiger partial charge in [-0.3, -0.25) is 4.79 Å². The molecule has 1 saturated carbocycles. The largest absolute Gasteiger partial charge is 0.330 e. The van der Waals surface area contributed by atoms with Gasteiger partial charge in [0.05, 0.1) is 0 Å². The van der Waals surface area contributed by atoms with Gasteiger partial charge in [-0.25, -0.2) is 0 Å². The first-order valence-electron chi connectivity index (χ1n) is 7.33. The molecule has 19 heavy (non-hydrogen) atoms. The SMILES string of the molecule is NCC1(Cc2ccc3c(c2)CCC(=O)N3)CCCC1. The highest BCUT2D eigenvalue weighted by Crippen LogP contribution is 2.40. The minimum atomic E-state index is 0.134. The predicted molar refractivity (Wildman–Crippen MR) is 77.1 cm³/mol. The zero-order chi connectivity index (χ0) is 13.3. The summed E-state index contributed by atoms with van der Waals surface area (Å²) in [6, 6.07) is 6.48. The number of carbonyl (C=O) groups excluding carboxylic acids is 1. The van der Waals surface area contributed by atoms with Crippen molar-refractivity contribution in [2.75, 3.05) is 11.9 Å². The van der Waals surface area contributed by atoms with Crippen LogP contribution in [0.5, 0.6) is 0 Å². The molecular formula is C16H22N2O. The van der Waals surface area contributed by atoms with Crippen molar-refractivity contribution >= 4 is 11.6 Å². The summed E-state index contributed by atoms with van der Waals surface area (Å²) in [6.45, 7) is 0.792. The quantitative estimate of drug-likeness (QED) is 0.875. The third-order valence-electron chi connectivity index (χ3n) is 4.74. The molecule has 0 spiro atoms. The zero-order valence-electron chi connectivity index (χ0n) is 11.4. The van der Waals surface area contributed by atoms with Crippen LogP contribution < -0.4 is 11.1 Å². The molecule has 2 aliphatic rings. The van der Waals surface area contributed by atoms with Crippen LogP contribution in [-0.2, 0) is 17.6 Å². The average molecular weight is 258 g/mol. The van der Waals surface area contributed by atoms with Gasteiger partial charge in [0.1, 0.15) is 0 Å². The van der Waals surface area contributed by atoms with Crippen LogP contribution in [0.3, 0.4) is 0 Å². The average Bonchev–Trinajstić information content (AvgIpc) is 2.88. The number of amides is 1. The molecule has 1 aromatic rings. The number of hydrogen-bond donors (Lipinski definition) is 2. The molecule has 1 aliphatic carbocycles. The molecule has 0 atom stereocenters. The maximum atomic E-state index is 11.4. The van der Waals surface area contributed by atoms with Gasteiger partial charge in [-0.15, -0.1) is 0 Å². The van der Waals surface area contributed by atoms with E-state index in [1.54, 1.807) is 0 Å². The van der Waals surface area contributed by atoms with Gasteiger partial charge in [-0.1, -0.05) is 25.0 Å². The number of nitrogens with two attached hydrogens (primary N) is 1. The van der Waals surface area contributed by atoms with Crippen LogP contribution in [0.2, 0.25) is 0 Å². The topological polar surface area (TPSA) is 55.1 Å². The molecule has 3 heteroatoms. The molecule has 1 aliphatic heterocycles. The highest BCUT2D eigenvalue weighted by atomic mass is 16.1. The number of anilines is 1. The molecule has 0 bridgehead atoms. The van der Waals surface area contributed by atoms with Crippen molar-refractivity contribution in [1.82, 2.24) is 0 Å². The van der Waals surface area contributed by atoms with E-state index in [9.17, 15) is 4.79 Å². The lowest BCUT2D eigenvalue weighted by atomic mass is 9.79. The Balaban J connectivity index is 1.80. The van der Waals surface area contributed by atoms with E-state index in [2.05, 4.69) is 23.5 Å². The summed E-state index contributed by atoms with van der Waals surface area (Å²) in [5, 5.41) is 2.94. The molecule has 1 fully saturated rings. The van der Waals surface area contributed by atoms with Crippen molar-refractivity contribution in [3.63, 3.8) is 0 Å². The number of fused-ring (bicyclic) bond motifs is 1. The van der Waals surface area contributed by atoms with Crippen LogP contribution in [0.25, 0.3) is 0 Å². The molecule has 1 heterocycles. The van der Waals surface area contributed by atoms with Crippen LogP contribution in [-0.4, -0.2) is 12.5 Å². The fourth-order valence-corrected chi connectivity index (χ4v) is 3.56. The van der Waals surface area contributed by atoms with Crippen molar-refractivity contribution in [2.45, 2.75) is 44.9 Å². The number of benzene rings is 1. The lowest BCUT2D eigenvalue weighted by Gasteiger charge is -2.28. The van der Waals surface area contributed by atoms with Crippen LogP contribution in [0.15, 0.2) is 18.2 Å². The van der Waals surface area contributed by atoms with E-state index in [1.165, 1.54) is 36.8 Å². The Labute approximate surface area is 114 Å². The van der Waals surface area contributed by atoms with Crippen LogP contribution >= 0.6 is 0 Å². The molecule has 0 radical (unpaired) electrons. The van der Waals surface area contributed by atoms with Gasteiger partial charge >= 0.3 is 0 Å². The monoisotopic (exact) mass is 258 g/mol. The van der Waals surface area contributed by atoms with E-state index < -0.39 is 0 Å². The van der Waals surface area contributed by atoms with Gasteiger partial charge in [-0.05, 0) is 54.8 Å². The van der Waals surface area contributed by atoms with E-state index in [0.29, 0.717) is 11.8 Å². The molecule has 1 aromatic carbocycles. The van der Waals surface area contributed by atoms with Crippen molar-refractivity contribution in [3.05, 3.63) is 29.3 Å². The van der Waals surface area contributed by atoms with Gasteiger partial charge in [0.25, 0.3) is 0 Å². The van der Waals surface area contributed by atoms with E-state index >= 15 is 0 Å². The van der Waals surface area contributed by atoms with Crippen molar-refractivity contribution in [3.8, 4) is 0 Å². The highest BCUT2D eigenvalue weighted by Gasteiger charge is 2.32. The molecule has 1 amide bonds. The summed E-state index contributed by atoms with van der Waals surface area (Å²) in [5.74, 6) is 0.134. The Morgan fingerprint density at radius 1 is 1.21 bits per heavy atom. The summed E-state index contributed by atoms with van der Waals surface area (Å²) in [4.78, 5) is 11.4. The second kappa shape index (κ2) is 4.97. The number of hydrogen-bond acceptors (Lipinski definition) is 2.